The van der Waals surface area contributed by atoms with Gasteiger partial charge < -0.3 is 5.32 Å². The second-order valence-corrected chi connectivity index (χ2v) is 8.72. The minimum Gasteiger partial charge on any atom is -0.348 e. The molecule has 0 radical (unpaired) electrons. The maximum Gasteiger partial charge on any atom is 0.251 e. The number of rotatable bonds is 3. The van der Waals surface area contributed by atoms with Gasteiger partial charge in [-0.1, -0.05) is 35.2 Å². The van der Waals surface area contributed by atoms with Crippen molar-refractivity contribution >= 4 is 31.7 Å². The van der Waals surface area contributed by atoms with E-state index in [0.717, 1.165) is 25.5 Å². The molecule has 116 valence electrons. The predicted molar refractivity (Wildman–Crippen MR) is 86.6 cm³/mol. The van der Waals surface area contributed by atoms with Gasteiger partial charge in [0.2, 0.25) is 0 Å². The van der Waals surface area contributed by atoms with Gasteiger partial charge in [0.25, 0.3) is 5.91 Å². The van der Waals surface area contributed by atoms with Crippen LogP contribution in [0.2, 0.25) is 0 Å². The van der Waals surface area contributed by atoms with Crippen LogP contribution < -0.4 is 5.32 Å². The molecule has 0 aromatic heterocycles. The Morgan fingerprint density at radius 3 is 2.38 bits per heavy atom. The largest absolute Gasteiger partial charge is 0.348 e. The molecule has 2 unspecified atom stereocenters. The lowest BCUT2D eigenvalue weighted by Gasteiger charge is -2.21. The summed E-state index contributed by atoms with van der Waals surface area (Å²) in [6.45, 7) is 0. The van der Waals surface area contributed by atoms with Crippen molar-refractivity contribution in [1.29, 1.82) is 0 Å². The van der Waals surface area contributed by atoms with Crippen LogP contribution in [0.3, 0.4) is 0 Å². The van der Waals surface area contributed by atoms with Gasteiger partial charge in [-0.3, -0.25) is 4.79 Å². The molecule has 2 rings (SSSR count). The van der Waals surface area contributed by atoms with Crippen LogP contribution in [-0.2, 0) is 9.84 Å². The molecule has 21 heavy (non-hydrogen) atoms. The normalized spacial score (nSPS) is 23.3. The van der Waals surface area contributed by atoms with Crippen LogP contribution in [0, 0.1) is 0 Å². The van der Waals surface area contributed by atoms with Crippen molar-refractivity contribution in [3.8, 4) is 0 Å². The average Bonchev–Trinajstić information content (AvgIpc) is 2.63. The summed E-state index contributed by atoms with van der Waals surface area (Å²) in [7, 11) is -3.23. The van der Waals surface area contributed by atoms with E-state index in [1.165, 1.54) is 25.0 Å². The second kappa shape index (κ2) is 6.92. The smallest absolute Gasteiger partial charge is 0.251 e. The quantitative estimate of drug-likeness (QED) is 0.654. The Hall–Kier alpha value is -0.880. The first-order valence-corrected chi connectivity index (χ1v) is 9.94. The molecule has 6 heteroatoms. The number of hydrogen-bond acceptors (Lipinski definition) is 3. The number of amides is 1. The highest BCUT2D eigenvalue weighted by Gasteiger charge is 2.23. The highest BCUT2D eigenvalue weighted by Crippen LogP contribution is 2.24. The SMILES string of the molecule is CS(=O)(=O)c1ccc(C(=O)NC2CCCCCC2Br)cc1. The predicted octanol–water partition coefficient (Wildman–Crippen LogP) is 2.92. The molecule has 0 heterocycles. The van der Waals surface area contributed by atoms with E-state index in [0.29, 0.717) is 10.4 Å². The van der Waals surface area contributed by atoms with E-state index in [4.69, 9.17) is 0 Å². The molecule has 2 atom stereocenters. The van der Waals surface area contributed by atoms with Crippen molar-refractivity contribution in [2.75, 3.05) is 6.26 Å². The molecule has 0 spiro atoms. The van der Waals surface area contributed by atoms with Crippen LogP contribution in [-0.4, -0.2) is 31.4 Å². The van der Waals surface area contributed by atoms with Crippen LogP contribution in [0.4, 0.5) is 0 Å². The number of sulfone groups is 1. The van der Waals surface area contributed by atoms with E-state index in [1.807, 2.05) is 0 Å². The van der Waals surface area contributed by atoms with Crippen molar-refractivity contribution in [3.63, 3.8) is 0 Å². The summed E-state index contributed by atoms with van der Waals surface area (Å²) in [4.78, 5) is 12.8. The molecule has 1 saturated carbocycles. The monoisotopic (exact) mass is 373 g/mol. The lowest BCUT2D eigenvalue weighted by molar-refractivity contribution is 0.0934. The van der Waals surface area contributed by atoms with Crippen molar-refractivity contribution in [2.45, 2.75) is 47.9 Å². The standard InChI is InChI=1S/C15H20BrNO3S/c1-21(19,20)12-9-7-11(8-10-12)15(18)17-14-6-4-2-3-5-13(14)16/h7-10,13-14H,2-6H2,1H3,(H,17,18). The third-order valence-corrected chi connectivity index (χ3v) is 6.02. The van der Waals surface area contributed by atoms with Crippen LogP contribution in [0.15, 0.2) is 29.2 Å². The number of carbonyl (C=O) groups excluding carboxylic acids is 1. The Morgan fingerprint density at radius 1 is 1.14 bits per heavy atom. The highest BCUT2D eigenvalue weighted by molar-refractivity contribution is 9.09. The molecule has 1 fully saturated rings. The third kappa shape index (κ3) is 4.54. The Balaban J connectivity index is 2.06. The number of carbonyl (C=O) groups is 1. The van der Waals surface area contributed by atoms with E-state index in [1.54, 1.807) is 12.1 Å². The number of benzene rings is 1. The number of halogens is 1. The zero-order valence-electron chi connectivity index (χ0n) is 12.0. The number of alkyl halides is 1. The highest BCUT2D eigenvalue weighted by atomic mass is 79.9. The van der Waals surface area contributed by atoms with Gasteiger partial charge in [-0.25, -0.2) is 8.42 Å². The maximum atomic E-state index is 12.3. The first-order valence-electron chi connectivity index (χ1n) is 7.13. The van der Waals surface area contributed by atoms with Gasteiger partial charge in [-0.15, -0.1) is 0 Å². The minimum absolute atomic E-state index is 0.134. The van der Waals surface area contributed by atoms with Crippen LogP contribution in [0.1, 0.15) is 42.5 Å². The Morgan fingerprint density at radius 2 is 1.76 bits per heavy atom. The fourth-order valence-electron chi connectivity index (χ4n) is 2.53. The van der Waals surface area contributed by atoms with Gasteiger partial charge in [-0.05, 0) is 37.1 Å². The van der Waals surface area contributed by atoms with E-state index >= 15 is 0 Å². The second-order valence-electron chi connectivity index (χ2n) is 5.53. The maximum absolute atomic E-state index is 12.3. The summed E-state index contributed by atoms with van der Waals surface area (Å²) in [5, 5.41) is 3.05. The first kappa shape index (κ1) is 16.5. The van der Waals surface area contributed by atoms with Crippen LogP contribution in [0.25, 0.3) is 0 Å². The average molecular weight is 374 g/mol. The zero-order chi connectivity index (χ0) is 15.5. The summed E-state index contributed by atoms with van der Waals surface area (Å²) in [6, 6.07) is 6.21. The van der Waals surface area contributed by atoms with Gasteiger partial charge in [0.05, 0.1) is 4.90 Å². The number of hydrogen-bond donors (Lipinski definition) is 1. The van der Waals surface area contributed by atoms with Gasteiger partial charge >= 0.3 is 0 Å². The first-order chi connectivity index (χ1) is 9.88. The summed E-state index contributed by atoms with van der Waals surface area (Å²) in [5.74, 6) is -0.147. The van der Waals surface area contributed by atoms with E-state index in [9.17, 15) is 13.2 Å². The molecule has 1 N–H and O–H groups in total. The molecular weight excluding hydrogens is 354 g/mol. The molecule has 4 nitrogen and oxygen atoms in total. The lowest BCUT2D eigenvalue weighted by atomic mass is 10.1. The Kier molecular flexibility index (Phi) is 5.43. The fourth-order valence-corrected chi connectivity index (χ4v) is 3.88. The molecule has 0 saturated heterocycles. The Bertz CT molecular complexity index is 598. The van der Waals surface area contributed by atoms with Gasteiger partial charge in [0.15, 0.2) is 9.84 Å². The van der Waals surface area contributed by atoms with Crippen molar-refractivity contribution in [1.82, 2.24) is 5.32 Å². The van der Waals surface area contributed by atoms with Crippen LogP contribution in [0.5, 0.6) is 0 Å². The van der Waals surface area contributed by atoms with Gasteiger partial charge in [-0.2, -0.15) is 0 Å². The Labute approximate surface area is 134 Å². The van der Waals surface area contributed by atoms with E-state index < -0.39 is 9.84 Å². The molecule has 0 aliphatic heterocycles. The summed E-state index contributed by atoms with van der Waals surface area (Å²) in [5.41, 5.74) is 0.492. The topological polar surface area (TPSA) is 63.2 Å². The van der Waals surface area contributed by atoms with Gasteiger partial charge in [0, 0.05) is 22.7 Å². The van der Waals surface area contributed by atoms with Crippen molar-refractivity contribution < 1.29 is 13.2 Å². The molecule has 1 amide bonds. The fraction of sp³-hybridized carbons (Fsp3) is 0.533. The third-order valence-electron chi connectivity index (χ3n) is 3.79. The molecule has 1 aliphatic rings. The van der Waals surface area contributed by atoms with E-state index in [2.05, 4.69) is 21.2 Å². The van der Waals surface area contributed by atoms with Gasteiger partial charge in [0.1, 0.15) is 0 Å². The molecular formula is C15H20BrNO3S. The van der Waals surface area contributed by atoms with Crippen LogP contribution >= 0.6 is 15.9 Å². The van der Waals surface area contributed by atoms with Crippen molar-refractivity contribution in [3.05, 3.63) is 29.8 Å². The minimum atomic E-state index is -3.23. The summed E-state index contributed by atoms with van der Waals surface area (Å²) in [6.07, 6.45) is 6.72. The van der Waals surface area contributed by atoms with E-state index in [-0.39, 0.29) is 16.8 Å². The molecule has 1 aliphatic carbocycles. The summed E-state index contributed by atoms with van der Waals surface area (Å²) < 4.78 is 22.8. The lowest BCUT2D eigenvalue weighted by Crippen LogP contribution is -2.40. The molecule has 1 aromatic rings. The molecule has 1 aromatic carbocycles. The zero-order valence-corrected chi connectivity index (χ0v) is 14.4. The molecule has 0 bridgehead atoms. The summed E-state index contributed by atoms with van der Waals surface area (Å²) >= 11 is 3.65. The number of nitrogens with one attached hydrogen (secondary N) is 1. The van der Waals surface area contributed by atoms with Crippen molar-refractivity contribution in [2.24, 2.45) is 0 Å².